The van der Waals surface area contributed by atoms with Gasteiger partial charge in [-0.2, -0.15) is 0 Å². The van der Waals surface area contributed by atoms with Crippen LogP contribution < -0.4 is 0 Å². The largest absolute Gasteiger partial charge is 0.290 e. The molecule has 0 amide bonds. The Labute approximate surface area is 97.9 Å². The molecule has 0 aromatic carbocycles. The van der Waals surface area contributed by atoms with Crippen molar-refractivity contribution in [3.8, 4) is 0 Å². The minimum atomic E-state index is 0.252. The van der Waals surface area contributed by atoms with Crippen LogP contribution in [0.15, 0.2) is 34.9 Å². The van der Waals surface area contributed by atoms with Gasteiger partial charge in [0.1, 0.15) is 0 Å². The van der Waals surface area contributed by atoms with Gasteiger partial charge in [-0.1, -0.05) is 23.3 Å². The smallest absolute Gasteiger partial charge is 0.182 e. The number of hydrogen-bond donors (Lipinski definition) is 0. The van der Waals surface area contributed by atoms with E-state index in [2.05, 4.69) is 27.4 Å². The Balaban J connectivity index is 2.34. The maximum Gasteiger partial charge on any atom is 0.182 e. The lowest BCUT2D eigenvalue weighted by molar-refractivity contribution is -0.111. The molecule has 2 aliphatic rings. The number of allylic oxidation sites excluding steroid dienone is 5. The highest BCUT2D eigenvalue weighted by Gasteiger charge is 2.33. The lowest BCUT2D eigenvalue weighted by atomic mass is 9.85. The molecule has 0 saturated heterocycles. The van der Waals surface area contributed by atoms with E-state index in [1.54, 1.807) is 0 Å². The second-order valence-corrected chi connectivity index (χ2v) is 5.32. The molecule has 16 heavy (non-hydrogen) atoms. The number of hydrogen-bond acceptors (Lipinski definition) is 1. The number of fused-ring (bicyclic) bond motifs is 1. The highest BCUT2D eigenvalue weighted by Crippen LogP contribution is 2.42. The van der Waals surface area contributed by atoms with Crippen molar-refractivity contribution in [1.82, 2.24) is 0 Å². The van der Waals surface area contributed by atoms with E-state index in [1.807, 2.05) is 6.08 Å². The Hall–Kier alpha value is -1.11. The second kappa shape index (κ2) is 4.04. The van der Waals surface area contributed by atoms with Crippen LogP contribution >= 0.6 is 0 Å². The zero-order valence-electron chi connectivity index (χ0n) is 10.5. The van der Waals surface area contributed by atoms with E-state index in [0.29, 0.717) is 11.8 Å². The van der Waals surface area contributed by atoms with Crippen LogP contribution in [0.5, 0.6) is 0 Å². The Morgan fingerprint density at radius 1 is 1.44 bits per heavy atom. The summed E-state index contributed by atoms with van der Waals surface area (Å²) in [5, 5.41) is 0. The van der Waals surface area contributed by atoms with Crippen LogP contribution in [0.25, 0.3) is 0 Å². The van der Waals surface area contributed by atoms with Crippen LogP contribution in [-0.4, -0.2) is 5.78 Å². The van der Waals surface area contributed by atoms with Gasteiger partial charge in [0, 0.05) is 11.5 Å². The Kier molecular flexibility index (Phi) is 2.88. The van der Waals surface area contributed by atoms with Gasteiger partial charge in [-0.3, -0.25) is 4.79 Å². The minimum absolute atomic E-state index is 0.252. The summed E-state index contributed by atoms with van der Waals surface area (Å²) in [6, 6.07) is 0. The lowest BCUT2D eigenvalue weighted by Gasteiger charge is -2.19. The highest BCUT2D eigenvalue weighted by molar-refractivity contribution is 6.08. The molecule has 0 bridgehead atoms. The summed E-state index contributed by atoms with van der Waals surface area (Å²) in [5.41, 5.74) is 4.89. The molecule has 0 radical (unpaired) electrons. The Bertz CT molecular complexity index is 409. The molecular weight excluding hydrogens is 196 g/mol. The van der Waals surface area contributed by atoms with Crippen LogP contribution in [0.2, 0.25) is 0 Å². The predicted octanol–water partition coefficient (Wildman–Crippen LogP) is 3.82. The molecule has 2 atom stereocenters. The zero-order chi connectivity index (χ0) is 11.9. The third-order valence-corrected chi connectivity index (χ3v) is 4.07. The van der Waals surface area contributed by atoms with Crippen LogP contribution in [0.1, 0.15) is 40.0 Å². The van der Waals surface area contributed by atoms with Gasteiger partial charge in [0.15, 0.2) is 5.78 Å². The van der Waals surface area contributed by atoms with Crippen molar-refractivity contribution in [2.45, 2.75) is 40.0 Å². The molecule has 0 spiro atoms. The lowest BCUT2D eigenvalue weighted by Crippen LogP contribution is -2.10. The summed E-state index contributed by atoms with van der Waals surface area (Å²) in [7, 11) is 0. The molecule has 1 nitrogen and oxygen atoms in total. The first-order valence-electron chi connectivity index (χ1n) is 6.08. The number of rotatable bonds is 1. The van der Waals surface area contributed by atoms with Crippen molar-refractivity contribution in [2.24, 2.45) is 11.8 Å². The molecular formula is C15H20O. The van der Waals surface area contributed by atoms with Crippen LogP contribution in [0.4, 0.5) is 0 Å². The average Bonchev–Trinajstić information content (AvgIpc) is 2.39. The van der Waals surface area contributed by atoms with Crippen LogP contribution in [0, 0.1) is 11.8 Å². The summed E-state index contributed by atoms with van der Waals surface area (Å²) in [6.45, 7) is 10.4. The van der Waals surface area contributed by atoms with E-state index in [1.165, 1.54) is 16.7 Å². The molecule has 0 heterocycles. The van der Waals surface area contributed by atoms with Gasteiger partial charge in [0.2, 0.25) is 0 Å². The molecule has 0 unspecified atom stereocenters. The monoisotopic (exact) mass is 216 g/mol. The van der Waals surface area contributed by atoms with E-state index in [0.717, 1.165) is 24.8 Å². The van der Waals surface area contributed by atoms with E-state index in [9.17, 15) is 4.79 Å². The third kappa shape index (κ3) is 1.79. The molecule has 0 fully saturated rings. The molecule has 0 saturated carbocycles. The van der Waals surface area contributed by atoms with E-state index < -0.39 is 0 Å². The number of carbonyl (C=O) groups is 1. The molecule has 2 aliphatic carbocycles. The molecule has 1 heteroatoms. The fourth-order valence-electron chi connectivity index (χ4n) is 2.97. The van der Waals surface area contributed by atoms with E-state index >= 15 is 0 Å². The van der Waals surface area contributed by atoms with E-state index in [-0.39, 0.29) is 5.78 Å². The van der Waals surface area contributed by atoms with Crippen molar-refractivity contribution in [3.05, 3.63) is 34.9 Å². The highest BCUT2D eigenvalue weighted by atomic mass is 16.1. The molecule has 0 aliphatic heterocycles. The summed E-state index contributed by atoms with van der Waals surface area (Å²) < 4.78 is 0. The number of carbonyl (C=O) groups excluding carboxylic acids is 1. The Morgan fingerprint density at radius 3 is 2.75 bits per heavy atom. The summed E-state index contributed by atoms with van der Waals surface area (Å²) in [5.74, 6) is 1.20. The van der Waals surface area contributed by atoms with Crippen molar-refractivity contribution in [1.29, 1.82) is 0 Å². The van der Waals surface area contributed by atoms with Crippen molar-refractivity contribution in [2.75, 3.05) is 0 Å². The predicted molar refractivity (Wildman–Crippen MR) is 67.1 cm³/mol. The third-order valence-electron chi connectivity index (χ3n) is 4.07. The average molecular weight is 216 g/mol. The van der Waals surface area contributed by atoms with Gasteiger partial charge >= 0.3 is 0 Å². The van der Waals surface area contributed by atoms with Gasteiger partial charge in [-0.05, 0) is 52.0 Å². The molecule has 2 rings (SSSR count). The molecule has 0 aromatic rings. The molecule has 0 N–H and O–H groups in total. The first-order chi connectivity index (χ1) is 7.50. The SMILES string of the molecule is C=C(C)[C@@H]1CCC(C)=C2C(=O)C=C(C)[C@@H]2C1. The Morgan fingerprint density at radius 2 is 2.12 bits per heavy atom. The van der Waals surface area contributed by atoms with Crippen molar-refractivity contribution >= 4 is 5.78 Å². The second-order valence-electron chi connectivity index (χ2n) is 5.32. The zero-order valence-corrected chi connectivity index (χ0v) is 10.5. The molecule has 0 aromatic heterocycles. The fourth-order valence-corrected chi connectivity index (χ4v) is 2.97. The summed E-state index contributed by atoms with van der Waals surface area (Å²) >= 11 is 0. The minimum Gasteiger partial charge on any atom is -0.290 e. The maximum absolute atomic E-state index is 11.9. The van der Waals surface area contributed by atoms with Gasteiger partial charge < -0.3 is 0 Å². The standard InChI is InChI=1S/C15H20O/c1-9(2)12-6-5-10(3)15-13(8-12)11(4)7-14(15)16/h7,12-13H,1,5-6,8H2,2-4H3/t12-,13+/m1/s1. The van der Waals surface area contributed by atoms with Gasteiger partial charge in [-0.25, -0.2) is 0 Å². The van der Waals surface area contributed by atoms with Gasteiger partial charge in [0.25, 0.3) is 0 Å². The molecule has 86 valence electrons. The first kappa shape index (κ1) is 11.4. The first-order valence-corrected chi connectivity index (χ1v) is 6.08. The topological polar surface area (TPSA) is 17.1 Å². The maximum atomic E-state index is 11.9. The fraction of sp³-hybridized carbons (Fsp3) is 0.533. The summed E-state index contributed by atoms with van der Waals surface area (Å²) in [6.07, 6.45) is 5.11. The number of ketones is 1. The summed E-state index contributed by atoms with van der Waals surface area (Å²) in [4.78, 5) is 11.9. The van der Waals surface area contributed by atoms with Crippen LogP contribution in [0.3, 0.4) is 0 Å². The van der Waals surface area contributed by atoms with Crippen LogP contribution in [-0.2, 0) is 4.79 Å². The van der Waals surface area contributed by atoms with Gasteiger partial charge in [-0.15, -0.1) is 0 Å². The van der Waals surface area contributed by atoms with E-state index in [4.69, 9.17) is 0 Å². The van der Waals surface area contributed by atoms with Crippen molar-refractivity contribution < 1.29 is 4.79 Å². The van der Waals surface area contributed by atoms with Crippen molar-refractivity contribution in [3.63, 3.8) is 0 Å². The normalized spacial score (nSPS) is 29.9. The van der Waals surface area contributed by atoms with Gasteiger partial charge in [0.05, 0.1) is 0 Å². The quantitative estimate of drug-likeness (QED) is 0.609.